The Labute approximate surface area is 135 Å². The molecule has 1 aromatic rings. The van der Waals surface area contributed by atoms with Gasteiger partial charge in [-0.2, -0.15) is 0 Å². The first-order valence-electron chi connectivity index (χ1n) is 7.56. The SMILES string of the molecule is COc1ccc(Br)cc1CC(=O)C1(CN)CCC(C)CC1. The van der Waals surface area contributed by atoms with Gasteiger partial charge in [0.05, 0.1) is 7.11 Å². The average Bonchev–Trinajstić information content (AvgIpc) is 2.48. The number of carbonyl (C=O) groups excluding carboxylic acids is 1. The Morgan fingerprint density at radius 3 is 2.67 bits per heavy atom. The summed E-state index contributed by atoms with van der Waals surface area (Å²) in [6, 6.07) is 5.78. The van der Waals surface area contributed by atoms with Gasteiger partial charge < -0.3 is 10.5 Å². The van der Waals surface area contributed by atoms with Gasteiger partial charge >= 0.3 is 0 Å². The summed E-state index contributed by atoms with van der Waals surface area (Å²) in [4.78, 5) is 12.9. The molecule has 1 fully saturated rings. The molecule has 2 rings (SSSR count). The van der Waals surface area contributed by atoms with Gasteiger partial charge in [-0.25, -0.2) is 0 Å². The van der Waals surface area contributed by atoms with Crippen molar-refractivity contribution in [3.05, 3.63) is 28.2 Å². The second kappa shape index (κ2) is 6.93. The number of Topliss-reactive ketones (excluding diaryl/α,β-unsaturated/α-hetero) is 1. The van der Waals surface area contributed by atoms with Crippen LogP contribution in [0.4, 0.5) is 0 Å². The quantitative estimate of drug-likeness (QED) is 0.877. The maximum atomic E-state index is 12.9. The molecule has 0 heterocycles. The molecule has 116 valence electrons. The number of rotatable bonds is 5. The number of methoxy groups -OCH3 is 1. The fraction of sp³-hybridized carbons (Fsp3) is 0.588. The van der Waals surface area contributed by atoms with E-state index < -0.39 is 0 Å². The van der Waals surface area contributed by atoms with Gasteiger partial charge in [0.25, 0.3) is 0 Å². The van der Waals surface area contributed by atoms with E-state index in [0.29, 0.717) is 18.9 Å². The lowest BCUT2D eigenvalue weighted by Gasteiger charge is -2.37. The van der Waals surface area contributed by atoms with Crippen molar-refractivity contribution in [3.8, 4) is 5.75 Å². The minimum absolute atomic E-state index is 0.258. The van der Waals surface area contributed by atoms with E-state index in [1.807, 2.05) is 18.2 Å². The van der Waals surface area contributed by atoms with E-state index in [1.54, 1.807) is 7.11 Å². The Bertz CT molecular complexity index is 508. The molecular formula is C17H24BrNO2. The lowest BCUT2D eigenvalue weighted by molar-refractivity contribution is -0.129. The van der Waals surface area contributed by atoms with Crippen molar-refractivity contribution in [1.29, 1.82) is 0 Å². The van der Waals surface area contributed by atoms with E-state index in [-0.39, 0.29) is 11.2 Å². The van der Waals surface area contributed by atoms with Crippen molar-refractivity contribution < 1.29 is 9.53 Å². The number of halogens is 1. The number of ether oxygens (including phenoxy) is 1. The summed E-state index contributed by atoms with van der Waals surface area (Å²) in [6.45, 7) is 2.71. The van der Waals surface area contributed by atoms with Crippen LogP contribution < -0.4 is 10.5 Å². The normalized spacial score (nSPS) is 25.6. The third-order valence-electron chi connectivity index (χ3n) is 4.81. The third-order valence-corrected chi connectivity index (χ3v) is 5.30. The van der Waals surface area contributed by atoms with Crippen LogP contribution in [0.15, 0.2) is 22.7 Å². The minimum atomic E-state index is -0.333. The van der Waals surface area contributed by atoms with E-state index in [0.717, 1.165) is 41.5 Å². The van der Waals surface area contributed by atoms with Crippen LogP contribution in [-0.4, -0.2) is 19.4 Å². The van der Waals surface area contributed by atoms with E-state index >= 15 is 0 Å². The van der Waals surface area contributed by atoms with Crippen LogP contribution in [-0.2, 0) is 11.2 Å². The summed E-state index contributed by atoms with van der Waals surface area (Å²) in [7, 11) is 1.64. The van der Waals surface area contributed by atoms with Crippen molar-refractivity contribution in [1.82, 2.24) is 0 Å². The van der Waals surface area contributed by atoms with Gasteiger partial charge in [0, 0.05) is 28.4 Å². The largest absolute Gasteiger partial charge is 0.496 e. The van der Waals surface area contributed by atoms with Gasteiger partial charge in [-0.05, 0) is 49.8 Å². The van der Waals surface area contributed by atoms with Crippen molar-refractivity contribution in [3.63, 3.8) is 0 Å². The van der Waals surface area contributed by atoms with Crippen LogP contribution in [0.1, 0.15) is 38.2 Å². The predicted molar refractivity (Wildman–Crippen MR) is 88.5 cm³/mol. The van der Waals surface area contributed by atoms with Crippen LogP contribution in [0, 0.1) is 11.3 Å². The first-order valence-corrected chi connectivity index (χ1v) is 8.36. The highest BCUT2D eigenvalue weighted by Crippen LogP contribution is 2.40. The fourth-order valence-electron chi connectivity index (χ4n) is 3.16. The molecule has 0 amide bonds. The molecule has 0 unspecified atom stereocenters. The van der Waals surface area contributed by atoms with E-state index in [4.69, 9.17) is 10.5 Å². The van der Waals surface area contributed by atoms with Crippen LogP contribution in [0.5, 0.6) is 5.75 Å². The van der Waals surface area contributed by atoms with Gasteiger partial charge in [-0.3, -0.25) is 4.79 Å². The van der Waals surface area contributed by atoms with Crippen LogP contribution in [0.2, 0.25) is 0 Å². The molecule has 0 aliphatic heterocycles. The highest BCUT2D eigenvalue weighted by Gasteiger charge is 2.39. The van der Waals surface area contributed by atoms with Gasteiger partial charge in [0.1, 0.15) is 11.5 Å². The molecule has 1 aromatic carbocycles. The molecule has 1 aliphatic carbocycles. The Morgan fingerprint density at radius 1 is 1.43 bits per heavy atom. The van der Waals surface area contributed by atoms with Gasteiger partial charge in [0.2, 0.25) is 0 Å². The van der Waals surface area contributed by atoms with E-state index in [2.05, 4.69) is 22.9 Å². The zero-order valence-electron chi connectivity index (χ0n) is 12.8. The molecule has 0 spiro atoms. The summed E-state index contributed by atoms with van der Waals surface area (Å²) >= 11 is 3.46. The number of carbonyl (C=O) groups is 1. The Morgan fingerprint density at radius 2 is 2.10 bits per heavy atom. The summed E-state index contributed by atoms with van der Waals surface area (Å²) < 4.78 is 6.33. The monoisotopic (exact) mass is 353 g/mol. The first-order chi connectivity index (χ1) is 10.0. The average molecular weight is 354 g/mol. The van der Waals surface area contributed by atoms with Crippen LogP contribution >= 0.6 is 15.9 Å². The smallest absolute Gasteiger partial charge is 0.144 e. The Balaban J connectivity index is 2.18. The molecule has 0 bridgehead atoms. The molecule has 3 nitrogen and oxygen atoms in total. The molecular weight excluding hydrogens is 330 g/mol. The van der Waals surface area contributed by atoms with Crippen molar-refractivity contribution in [2.75, 3.05) is 13.7 Å². The van der Waals surface area contributed by atoms with Gasteiger partial charge in [-0.15, -0.1) is 0 Å². The van der Waals surface area contributed by atoms with Crippen molar-refractivity contribution in [2.45, 2.75) is 39.0 Å². The van der Waals surface area contributed by atoms with Crippen LogP contribution in [0.3, 0.4) is 0 Å². The standard InChI is InChI=1S/C17H24BrNO2/c1-12-5-7-17(11-19,8-6-12)16(20)10-13-9-14(18)3-4-15(13)21-2/h3-4,9,12H,5-8,10-11,19H2,1-2H3. The Kier molecular flexibility index (Phi) is 5.44. The zero-order chi connectivity index (χ0) is 15.5. The molecule has 0 radical (unpaired) electrons. The third kappa shape index (κ3) is 3.67. The highest BCUT2D eigenvalue weighted by atomic mass is 79.9. The number of hydrogen-bond acceptors (Lipinski definition) is 3. The lowest BCUT2D eigenvalue weighted by Crippen LogP contribution is -2.42. The number of ketones is 1. The summed E-state index contributed by atoms with van der Waals surface area (Å²) in [5, 5.41) is 0. The molecule has 0 saturated heterocycles. The van der Waals surface area contributed by atoms with E-state index in [1.165, 1.54) is 0 Å². The second-order valence-electron chi connectivity index (χ2n) is 6.22. The first kappa shape index (κ1) is 16.5. The molecule has 0 atom stereocenters. The molecule has 0 aromatic heterocycles. The van der Waals surface area contributed by atoms with Gasteiger partial charge in [0.15, 0.2) is 0 Å². The highest BCUT2D eigenvalue weighted by molar-refractivity contribution is 9.10. The maximum absolute atomic E-state index is 12.9. The van der Waals surface area contributed by atoms with Crippen LogP contribution in [0.25, 0.3) is 0 Å². The second-order valence-corrected chi connectivity index (χ2v) is 7.14. The summed E-state index contributed by atoms with van der Waals surface area (Å²) in [5.41, 5.74) is 6.58. The molecule has 1 saturated carbocycles. The molecule has 2 N–H and O–H groups in total. The van der Waals surface area contributed by atoms with Crippen molar-refractivity contribution >= 4 is 21.7 Å². The number of benzene rings is 1. The van der Waals surface area contributed by atoms with E-state index in [9.17, 15) is 4.79 Å². The molecule has 1 aliphatic rings. The number of nitrogens with two attached hydrogens (primary N) is 1. The number of hydrogen-bond donors (Lipinski definition) is 1. The van der Waals surface area contributed by atoms with Crippen molar-refractivity contribution in [2.24, 2.45) is 17.1 Å². The summed E-state index contributed by atoms with van der Waals surface area (Å²) in [5.74, 6) is 1.73. The minimum Gasteiger partial charge on any atom is -0.496 e. The molecule has 21 heavy (non-hydrogen) atoms. The topological polar surface area (TPSA) is 52.3 Å². The zero-order valence-corrected chi connectivity index (χ0v) is 14.4. The maximum Gasteiger partial charge on any atom is 0.144 e. The Hall–Kier alpha value is -0.870. The molecule has 4 heteroatoms. The van der Waals surface area contributed by atoms with Gasteiger partial charge in [-0.1, -0.05) is 22.9 Å². The predicted octanol–water partition coefficient (Wildman–Crippen LogP) is 3.72. The lowest BCUT2D eigenvalue weighted by atomic mass is 9.67. The summed E-state index contributed by atoms with van der Waals surface area (Å²) in [6.07, 6.45) is 4.42. The fourth-order valence-corrected chi connectivity index (χ4v) is 3.57.